The summed E-state index contributed by atoms with van der Waals surface area (Å²) in [7, 11) is 3.09. The molecule has 3 amide bonds. The summed E-state index contributed by atoms with van der Waals surface area (Å²) in [4.78, 5) is 25.2. The van der Waals surface area contributed by atoms with E-state index in [1.165, 1.54) is 19.1 Å². The van der Waals surface area contributed by atoms with Crippen LogP contribution in [0.2, 0.25) is 5.02 Å². The molecule has 0 aliphatic rings. The van der Waals surface area contributed by atoms with Gasteiger partial charge in [0.25, 0.3) is 5.91 Å². The SMILES string of the molecule is CNC(=O)NSc1cc(CCNC(=O)c2cc(Cl)ccc2OC)ccc1-c1ccccc1. The number of nitrogens with one attached hydrogen (secondary N) is 3. The molecule has 0 unspecified atom stereocenters. The van der Waals surface area contributed by atoms with Crippen LogP contribution in [0, 0.1) is 0 Å². The molecule has 0 atom stereocenters. The fourth-order valence-corrected chi connectivity index (χ4v) is 4.07. The van der Waals surface area contributed by atoms with Gasteiger partial charge in [-0.2, -0.15) is 0 Å². The summed E-state index contributed by atoms with van der Waals surface area (Å²) in [5.74, 6) is 0.221. The second-order valence-electron chi connectivity index (χ2n) is 6.83. The Bertz CT molecular complexity index is 1090. The first kappa shape index (κ1) is 23.5. The molecule has 166 valence electrons. The molecular formula is C24H24ClN3O3S. The van der Waals surface area contributed by atoms with Gasteiger partial charge in [-0.05, 0) is 59.3 Å². The largest absolute Gasteiger partial charge is 0.496 e. The number of methoxy groups -OCH3 is 1. The number of benzene rings is 3. The van der Waals surface area contributed by atoms with Crippen LogP contribution in [-0.2, 0) is 6.42 Å². The molecule has 0 saturated heterocycles. The summed E-state index contributed by atoms with van der Waals surface area (Å²) in [5.41, 5.74) is 3.50. The Morgan fingerprint density at radius 2 is 1.81 bits per heavy atom. The number of carbonyl (C=O) groups is 2. The molecule has 0 aromatic heterocycles. The average molecular weight is 470 g/mol. The molecular weight excluding hydrogens is 446 g/mol. The average Bonchev–Trinajstić information content (AvgIpc) is 2.83. The topological polar surface area (TPSA) is 79.5 Å². The highest BCUT2D eigenvalue weighted by Crippen LogP contribution is 2.31. The Morgan fingerprint density at radius 3 is 2.53 bits per heavy atom. The molecule has 0 aliphatic carbocycles. The summed E-state index contributed by atoms with van der Waals surface area (Å²) >= 11 is 7.27. The van der Waals surface area contributed by atoms with E-state index in [0.29, 0.717) is 29.3 Å². The van der Waals surface area contributed by atoms with Gasteiger partial charge in [0, 0.05) is 23.5 Å². The van der Waals surface area contributed by atoms with Gasteiger partial charge >= 0.3 is 6.03 Å². The van der Waals surface area contributed by atoms with Crippen molar-refractivity contribution in [2.24, 2.45) is 0 Å². The van der Waals surface area contributed by atoms with E-state index in [2.05, 4.69) is 15.4 Å². The van der Waals surface area contributed by atoms with Gasteiger partial charge in [0.05, 0.1) is 12.7 Å². The molecule has 0 saturated carbocycles. The van der Waals surface area contributed by atoms with E-state index < -0.39 is 0 Å². The lowest BCUT2D eigenvalue weighted by Crippen LogP contribution is -2.27. The Kier molecular flexibility index (Phi) is 8.41. The van der Waals surface area contributed by atoms with Crippen LogP contribution in [-0.4, -0.2) is 32.6 Å². The van der Waals surface area contributed by atoms with Crippen molar-refractivity contribution in [1.29, 1.82) is 0 Å². The first-order valence-electron chi connectivity index (χ1n) is 9.96. The van der Waals surface area contributed by atoms with Gasteiger partial charge in [-0.15, -0.1) is 0 Å². The van der Waals surface area contributed by atoms with E-state index in [0.717, 1.165) is 21.6 Å². The third kappa shape index (κ3) is 6.18. The molecule has 3 aromatic rings. The van der Waals surface area contributed by atoms with Crippen LogP contribution < -0.4 is 20.1 Å². The third-order valence-corrected chi connectivity index (χ3v) is 5.80. The number of amides is 3. The van der Waals surface area contributed by atoms with Crippen LogP contribution in [0.3, 0.4) is 0 Å². The fourth-order valence-electron chi connectivity index (χ4n) is 3.09. The van der Waals surface area contributed by atoms with Crippen LogP contribution in [0.25, 0.3) is 11.1 Å². The van der Waals surface area contributed by atoms with Crippen LogP contribution in [0.1, 0.15) is 15.9 Å². The predicted molar refractivity (Wildman–Crippen MR) is 129 cm³/mol. The maximum absolute atomic E-state index is 12.6. The Morgan fingerprint density at radius 1 is 1.03 bits per heavy atom. The molecule has 0 aliphatic heterocycles. The highest BCUT2D eigenvalue weighted by Gasteiger charge is 2.13. The van der Waals surface area contributed by atoms with Crippen molar-refractivity contribution in [1.82, 2.24) is 15.4 Å². The van der Waals surface area contributed by atoms with Gasteiger partial charge in [0.2, 0.25) is 0 Å². The second-order valence-corrected chi connectivity index (χ2v) is 8.11. The quantitative estimate of drug-likeness (QED) is 0.409. The first-order chi connectivity index (χ1) is 15.5. The monoisotopic (exact) mass is 469 g/mol. The smallest absolute Gasteiger partial charge is 0.324 e. The number of carbonyl (C=O) groups excluding carboxylic acids is 2. The molecule has 0 heterocycles. The van der Waals surface area contributed by atoms with Gasteiger partial charge in [0.15, 0.2) is 0 Å². The maximum atomic E-state index is 12.6. The molecule has 32 heavy (non-hydrogen) atoms. The van der Waals surface area contributed by atoms with E-state index >= 15 is 0 Å². The van der Waals surface area contributed by atoms with Gasteiger partial charge in [-0.25, -0.2) is 4.79 Å². The van der Waals surface area contributed by atoms with E-state index in [1.807, 2.05) is 48.5 Å². The van der Waals surface area contributed by atoms with Gasteiger partial charge in [-0.3, -0.25) is 9.52 Å². The number of ether oxygens (including phenoxy) is 1. The highest BCUT2D eigenvalue weighted by atomic mass is 35.5. The van der Waals surface area contributed by atoms with E-state index in [1.54, 1.807) is 25.2 Å². The van der Waals surface area contributed by atoms with Crippen molar-refractivity contribution in [3.63, 3.8) is 0 Å². The van der Waals surface area contributed by atoms with Crippen molar-refractivity contribution < 1.29 is 14.3 Å². The summed E-state index contributed by atoms with van der Waals surface area (Å²) in [5, 5.41) is 5.93. The zero-order valence-electron chi connectivity index (χ0n) is 17.8. The van der Waals surface area contributed by atoms with Gasteiger partial charge < -0.3 is 15.4 Å². The minimum absolute atomic E-state index is 0.249. The molecule has 3 N–H and O–H groups in total. The molecule has 0 bridgehead atoms. The third-order valence-electron chi connectivity index (χ3n) is 4.72. The number of hydrogen-bond acceptors (Lipinski definition) is 4. The molecule has 3 rings (SSSR count). The summed E-state index contributed by atoms with van der Waals surface area (Å²) < 4.78 is 8.02. The van der Waals surface area contributed by atoms with E-state index in [4.69, 9.17) is 16.3 Å². The number of rotatable bonds is 8. The maximum Gasteiger partial charge on any atom is 0.324 e. The number of halogens is 1. The molecule has 6 nitrogen and oxygen atoms in total. The minimum atomic E-state index is -0.276. The minimum Gasteiger partial charge on any atom is -0.496 e. The van der Waals surface area contributed by atoms with Gasteiger partial charge in [-0.1, -0.05) is 54.1 Å². The first-order valence-corrected chi connectivity index (χ1v) is 11.2. The van der Waals surface area contributed by atoms with Crippen molar-refractivity contribution in [2.75, 3.05) is 20.7 Å². The lowest BCUT2D eigenvalue weighted by atomic mass is 10.0. The summed E-state index contributed by atoms with van der Waals surface area (Å²) in [6.07, 6.45) is 0.622. The predicted octanol–water partition coefficient (Wildman–Crippen LogP) is 4.92. The standard InChI is InChI=1S/C24H24ClN3O3S/c1-26-24(30)28-32-22-14-16(8-10-19(22)17-6-4-3-5-7-17)12-13-27-23(29)20-15-18(25)9-11-21(20)31-2/h3-11,14-15H,12-13H2,1-2H3,(H,27,29)(H2,26,28,30). The summed E-state index contributed by atoms with van der Waals surface area (Å²) in [6, 6.07) is 20.7. The van der Waals surface area contributed by atoms with Crippen molar-refractivity contribution in [3.05, 3.63) is 82.9 Å². The molecule has 0 radical (unpaired) electrons. The van der Waals surface area contributed by atoms with Crippen LogP contribution in [0.4, 0.5) is 4.79 Å². The number of urea groups is 1. The summed E-state index contributed by atoms with van der Waals surface area (Å²) in [6.45, 7) is 0.437. The lowest BCUT2D eigenvalue weighted by molar-refractivity contribution is 0.0951. The molecule has 8 heteroatoms. The fraction of sp³-hybridized carbons (Fsp3) is 0.167. The van der Waals surface area contributed by atoms with Crippen molar-refractivity contribution in [2.45, 2.75) is 11.3 Å². The normalized spacial score (nSPS) is 10.3. The van der Waals surface area contributed by atoms with E-state index in [9.17, 15) is 9.59 Å². The Balaban J connectivity index is 1.72. The van der Waals surface area contributed by atoms with Crippen LogP contribution in [0.15, 0.2) is 71.6 Å². The molecule has 3 aromatic carbocycles. The number of hydrogen-bond donors (Lipinski definition) is 3. The molecule has 0 spiro atoms. The van der Waals surface area contributed by atoms with Crippen molar-refractivity contribution >= 4 is 35.5 Å². The van der Waals surface area contributed by atoms with Gasteiger partial charge in [0.1, 0.15) is 5.75 Å². The zero-order valence-corrected chi connectivity index (χ0v) is 19.3. The van der Waals surface area contributed by atoms with E-state index in [-0.39, 0.29) is 11.9 Å². The Labute approximate surface area is 196 Å². The van der Waals surface area contributed by atoms with Crippen LogP contribution in [0.5, 0.6) is 5.75 Å². The lowest BCUT2D eigenvalue weighted by Gasteiger charge is -2.13. The second kappa shape index (κ2) is 11.5. The van der Waals surface area contributed by atoms with Crippen LogP contribution >= 0.6 is 23.5 Å². The van der Waals surface area contributed by atoms with Crippen molar-refractivity contribution in [3.8, 4) is 16.9 Å². The zero-order chi connectivity index (χ0) is 22.9. The highest BCUT2D eigenvalue weighted by molar-refractivity contribution is 7.98. The molecule has 0 fully saturated rings. The Hall–Kier alpha value is -3.16.